The number of oxazole rings is 1. The second-order valence-electron chi connectivity index (χ2n) is 6.11. The molecule has 0 aliphatic carbocycles. The fourth-order valence-corrected chi connectivity index (χ4v) is 2.60. The van der Waals surface area contributed by atoms with Crippen molar-refractivity contribution in [3.63, 3.8) is 0 Å². The lowest BCUT2D eigenvalue weighted by Crippen LogP contribution is -2.16. The van der Waals surface area contributed by atoms with E-state index in [2.05, 4.69) is 4.98 Å². The third kappa shape index (κ3) is 3.72. The minimum absolute atomic E-state index is 0.0811. The maximum Gasteiger partial charge on any atom is 0.361 e. The molecule has 0 saturated heterocycles. The summed E-state index contributed by atoms with van der Waals surface area (Å²) in [6, 6.07) is 14.9. The molecule has 0 spiro atoms. The normalized spacial score (nSPS) is 10.6. The van der Waals surface area contributed by atoms with Crippen molar-refractivity contribution in [2.24, 2.45) is 0 Å². The maximum absolute atomic E-state index is 12.3. The van der Waals surface area contributed by atoms with E-state index in [1.54, 1.807) is 13.0 Å². The zero-order valence-electron chi connectivity index (χ0n) is 14.9. The molecule has 5 nitrogen and oxygen atoms in total. The van der Waals surface area contributed by atoms with Gasteiger partial charge in [-0.05, 0) is 44.5 Å². The maximum atomic E-state index is 12.3. The number of hydrogen-bond donors (Lipinski definition) is 0. The van der Waals surface area contributed by atoms with E-state index in [1.165, 1.54) is 0 Å². The summed E-state index contributed by atoms with van der Waals surface area (Å²) in [7, 11) is 0. The third-order valence-corrected chi connectivity index (χ3v) is 4.04. The molecule has 1 aromatic heterocycles. The van der Waals surface area contributed by atoms with Crippen LogP contribution in [-0.2, 0) is 4.74 Å². The molecule has 26 heavy (non-hydrogen) atoms. The van der Waals surface area contributed by atoms with Gasteiger partial charge in [-0.2, -0.15) is 0 Å². The smallest absolute Gasteiger partial charge is 0.361 e. The van der Waals surface area contributed by atoms with E-state index in [1.807, 2.05) is 56.3 Å². The van der Waals surface area contributed by atoms with E-state index >= 15 is 0 Å². The van der Waals surface area contributed by atoms with Crippen molar-refractivity contribution >= 4 is 11.8 Å². The molecule has 0 atom stereocenters. The molecule has 3 aromatic rings. The van der Waals surface area contributed by atoms with Crippen molar-refractivity contribution in [2.45, 2.75) is 20.8 Å². The summed E-state index contributed by atoms with van der Waals surface area (Å²) in [5.74, 6) is -0.222. The molecular weight excluding hydrogens is 330 g/mol. The number of aryl methyl sites for hydroxylation is 3. The van der Waals surface area contributed by atoms with Crippen molar-refractivity contribution in [1.29, 1.82) is 0 Å². The highest BCUT2D eigenvalue weighted by Crippen LogP contribution is 2.22. The predicted octanol–water partition coefficient (Wildman–Crippen LogP) is 4.31. The Bertz CT molecular complexity index is 957. The van der Waals surface area contributed by atoms with Crippen LogP contribution >= 0.6 is 0 Å². The molecule has 3 rings (SSSR count). The van der Waals surface area contributed by atoms with E-state index in [-0.39, 0.29) is 18.1 Å². The average molecular weight is 349 g/mol. The summed E-state index contributed by atoms with van der Waals surface area (Å²) in [4.78, 5) is 28.9. The van der Waals surface area contributed by atoms with Crippen LogP contribution in [0.1, 0.15) is 37.7 Å². The monoisotopic (exact) mass is 349 g/mol. The van der Waals surface area contributed by atoms with Crippen LogP contribution < -0.4 is 0 Å². The van der Waals surface area contributed by atoms with Gasteiger partial charge in [-0.25, -0.2) is 9.78 Å². The standard InChI is InChI=1S/C21H19NO4/c1-13-9-10-14(2)17(11-13)18(23)12-25-21(24)19-15(3)26-20(22-19)16-7-5-4-6-8-16/h4-11H,12H2,1-3H3. The number of esters is 1. The van der Waals surface area contributed by atoms with E-state index in [9.17, 15) is 9.59 Å². The lowest BCUT2D eigenvalue weighted by Gasteiger charge is -2.06. The Morgan fingerprint density at radius 3 is 2.50 bits per heavy atom. The highest BCUT2D eigenvalue weighted by molar-refractivity contribution is 6.00. The Morgan fingerprint density at radius 2 is 1.77 bits per heavy atom. The van der Waals surface area contributed by atoms with Gasteiger partial charge in [-0.15, -0.1) is 0 Å². The van der Waals surface area contributed by atoms with Crippen molar-refractivity contribution in [1.82, 2.24) is 4.98 Å². The first-order valence-corrected chi connectivity index (χ1v) is 8.26. The van der Waals surface area contributed by atoms with Crippen LogP contribution in [0.5, 0.6) is 0 Å². The van der Waals surface area contributed by atoms with Gasteiger partial charge in [-0.3, -0.25) is 4.79 Å². The molecule has 0 bridgehead atoms. The van der Waals surface area contributed by atoms with E-state index in [0.29, 0.717) is 17.2 Å². The molecule has 0 fully saturated rings. The molecule has 5 heteroatoms. The number of hydrogen-bond acceptors (Lipinski definition) is 5. The number of ether oxygens (including phenoxy) is 1. The van der Waals surface area contributed by atoms with E-state index in [4.69, 9.17) is 9.15 Å². The first-order chi connectivity index (χ1) is 12.5. The van der Waals surface area contributed by atoms with Crippen molar-refractivity contribution in [3.05, 3.63) is 76.7 Å². The lowest BCUT2D eigenvalue weighted by molar-refractivity contribution is 0.0467. The van der Waals surface area contributed by atoms with Crippen molar-refractivity contribution < 1.29 is 18.7 Å². The number of carbonyl (C=O) groups is 2. The fourth-order valence-electron chi connectivity index (χ4n) is 2.60. The highest BCUT2D eigenvalue weighted by Gasteiger charge is 2.21. The lowest BCUT2D eigenvalue weighted by atomic mass is 10.0. The number of benzene rings is 2. The van der Waals surface area contributed by atoms with Gasteiger partial charge in [-0.1, -0.05) is 35.9 Å². The van der Waals surface area contributed by atoms with Gasteiger partial charge in [0, 0.05) is 11.1 Å². The highest BCUT2D eigenvalue weighted by atomic mass is 16.5. The zero-order valence-corrected chi connectivity index (χ0v) is 14.9. The van der Waals surface area contributed by atoms with Crippen LogP contribution in [0.3, 0.4) is 0 Å². The predicted molar refractivity (Wildman–Crippen MR) is 97.2 cm³/mol. The molecular formula is C21H19NO4. The molecule has 0 aliphatic rings. The van der Waals surface area contributed by atoms with Gasteiger partial charge >= 0.3 is 5.97 Å². The first-order valence-electron chi connectivity index (χ1n) is 8.26. The molecule has 0 unspecified atom stereocenters. The topological polar surface area (TPSA) is 69.4 Å². The summed E-state index contributed by atoms with van der Waals surface area (Å²) in [5, 5.41) is 0. The molecule has 0 amide bonds. The summed E-state index contributed by atoms with van der Waals surface area (Å²) in [6.45, 7) is 5.06. The Balaban J connectivity index is 1.72. The zero-order chi connectivity index (χ0) is 18.7. The quantitative estimate of drug-likeness (QED) is 0.507. The summed E-state index contributed by atoms with van der Waals surface area (Å²) in [5.41, 5.74) is 3.23. The molecule has 0 saturated carbocycles. The van der Waals surface area contributed by atoms with Gasteiger partial charge in [0.2, 0.25) is 11.7 Å². The number of carbonyl (C=O) groups excluding carboxylic acids is 2. The number of aromatic nitrogens is 1. The number of Topliss-reactive ketones (excluding diaryl/α,β-unsaturated/α-hetero) is 1. The SMILES string of the molecule is Cc1ccc(C)c(C(=O)COC(=O)c2nc(-c3ccccc3)oc2C)c1. The van der Waals surface area contributed by atoms with Crippen LogP contribution in [0.2, 0.25) is 0 Å². The van der Waals surface area contributed by atoms with Gasteiger partial charge in [0.25, 0.3) is 0 Å². The Morgan fingerprint density at radius 1 is 1.04 bits per heavy atom. The van der Waals surface area contributed by atoms with Crippen molar-refractivity contribution in [3.8, 4) is 11.5 Å². The van der Waals surface area contributed by atoms with Gasteiger partial charge in [0.15, 0.2) is 12.3 Å². The van der Waals surface area contributed by atoms with Crippen LogP contribution in [0.4, 0.5) is 0 Å². The minimum atomic E-state index is -0.674. The third-order valence-electron chi connectivity index (χ3n) is 4.04. The second kappa shape index (κ2) is 7.35. The van der Waals surface area contributed by atoms with Crippen LogP contribution in [-0.4, -0.2) is 23.3 Å². The molecule has 2 aromatic carbocycles. The number of ketones is 1. The molecule has 0 aliphatic heterocycles. The van der Waals surface area contributed by atoms with Crippen LogP contribution in [0.25, 0.3) is 11.5 Å². The summed E-state index contributed by atoms with van der Waals surface area (Å²) >= 11 is 0. The molecule has 0 N–H and O–H groups in total. The van der Waals surface area contributed by atoms with Gasteiger partial charge < -0.3 is 9.15 Å². The Hall–Kier alpha value is -3.21. The number of rotatable bonds is 5. The minimum Gasteiger partial charge on any atom is -0.452 e. The van der Waals surface area contributed by atoms with Gasteiger partial charge in [0.05, 0.1) is 0 Å². The van der Waals surface area contributed by atoms with Crippen LogP contribution in [0.15, 0.2) is 52.9 Å². The first kappa shape index (κ1) is 17.6. The summed E-state index contributed by atoms with van der Waals surface area (Å²) in [6.07, 6.45) is 0. The van der Waals surface area contributed by atoms with E-state index in [0.717, 1.165) is 16.7 Å². The Labute approximate surface area is 151 Å². The largest absolute Gasteiger partial charge is 0.452 e. The van der Waals surface area contributed by atoms with Gasteiger partial charge in [0.1, 0.15) is 5.76 Å². The Kier molecular flexibility index (Phi) is 4.98. The number of nitrogens with zero attached hydrogens (tertiary/aromatic N) is 1. The summed E-state index contributed by atoms with van der Waals surface area (Å²) < 4.78 is 10.7. The molecule has 132 valence electrons. The second-order valence-corrected chi connectivity index (χ2v) is 6.11. The fraction of sp³-hybridized carbons (Fsp3) is 0.190. The molecule has 1 heterocycles. The average Bonchev–Trinajstić information content (AvgIpc) is 3.04. The van der Waals surface area contributed by atoms with Crippen molar-refractivity contribution in [2.75, 3.05) is 6.61 Å². The molecule has 0 radical (unpaired) electrons. The van der Waals surface area contributed by atoms with Crippen LogP contribution in [0, 0.1) is 20.8 Å². The van der Waals surface area contributed by atoms with E-state index < -0.39 is 5.97 Å².